The maximum absolute atomic E-state index is 9.97. The fourth-order valence-corrected chi connectivity index (χ4v) is 19.6. The number of benzene rings is 16. The first-order valence-corrected chi connectivity index (χ1v) is 39.8. The van der Waals surface area contributed by atoms with Gasteiger partial charge in [-0.2, -0.15) is 0 Å². The lowest BCUT2D eigenvalue weighted by Gasteiger charge is -2.47. The molecule has 2 aromatic heterocycles. The zero-order chi connectivity index (χ0) is 83.8. The fraction of sp³-hybridized carbons (Fsp3) is 0.119. The van der Waals surface area contributed by atoms with E-state index in [4.69, 9.17) is 2.74 Å². The summed E-state index contributed by atoms with van der Waals surface area (Å²) in [7, 11) is 0. The highest BCUT2D eigenvalue weighted by Crippen LogP contribution is 2.64. The molecule has 0 saturated carbocycles. The van der Waals surface area contributed by atoms with Crippen LogP contribution in [0.2, 0.25) is 0 Å². The van der Waals surface area contributed by atoms with Crippen LogP contribution >= 0.6 is 0 Å². The molecule has 0 bridgehead atoms. The molecule has 5 heteroatoms. The minimum atomic E-state index is -0.620. The third-order valence-electron chi connectivity index (χ3n) is 25.0. The average molecular weight is 1470 g/mol. The molecule has 2 aliphatic carbocycles. The van der Waals surface area contributed by atoms with Crippen LogP contribution in [-0.2, 0) is 21.7 Å². The van der Waals surface area contributed by atoms with E-state index in [1.54, 1.807) is 4.57 Å². The van der Waals surface area contributed by atoms with E-state index in [9.17, 15) is 8.22 Å². The summed E-state index contributed by atoms with van der Waals surface area (Å²) in [6.45, 7) is 20.1. The van der Waals surface area contributed by atoms with Crippen molar-refractivity contribution in [2.24, 2.45) is 0 Å². The molecule has 4 aliphatic rings. The monoisotopic (exact) mass is 1470 g/mol. The summed E-state index contributed by atoms with van der Waals surface area (Å²) in [6.07, 6.45) is 0. The van der Waals surface area contributed by atoms with E-state index in [1.165, 1.54) is 50.1 Å². The van der Waals surface area contributed by atoms with Gasteiger partial charge in [-0.1, -0.05) is 323 Å². The van der Waals surface area contributed by atoms with Crippen LogP contribution < -0.4 is 26.2 Å². The molecular weight excluding hydrogens is 1380 g/mol. The summed E-state index contributed by atoms with van der Waals surface area (Å²) >= 11 is 0. The van der Waals surface area contributed by atoms with E-state index >= 15 is 0 Å². The molecular formula is C109H85BN4. The summed E-state index contributed by atoms with van der Waals surface area (Å²) in [5.41, 5.74) is 32.0. The summed E-state index contributed by atoms with van der Waals surface area (Å²) in [6, 6.07) is 109. The lowest BCUT2D eigenvalue weighted by atomic mass is 9.33. The second-order valence-corrected chi connectivity index (χ2v) is 34.5. The molecule has 0 N–H and O–H groups in total. The minimum absolute atomic E-state index is 0.0108. The van der Waals surface area contributed by atoms with E-state index in [1.807, 2.05) is 6.07 Å². The molecule has 544 valence electrons. The highest BCUT2D eigenvalue weighted by Gasteiger charge is 2.53. The minimum Gasteiger partial charge on any atom is -0.310 e. The average Bonchev–Trinajstić information content (AvgIpc) is 1.34. The van der Waals surface area contributed by atoms with Crippen molar-refractivity contribution in [2.75, 3.05) is 9.80 Å². The quantitative estimate of drug-likeness (QED) is 0.141. The summed E-state index contributed by atoms with van der Waals surface area (Å²) in [4.78, 5) is 5.12. The number of rotatable bonds is 8. The smallest absolute Gasteiger partial charge is 0.252 e. The highest BCUT2D eigenvalue weighted by atomic mass is 15.2. The van der Waals surface area contributed by atoms with Crippen LogP contribution in [0.1, 0.15) is 112 Å². The topological polar surface area (TPSA) is 16.3 Å². The molecule has 4 nitrogen and oxygen atoms in total. The number of aromatic nitrogens is 2. The molecule has 2 aliphatic heterocycles. The lowest BCUT2D eigenvalue weighted by molar-refractivity contribution is 0.590. The number of para-hydroxylation sites is 3. The van der Waals surface area contributed by atoms with Crippen molar-refractivity contribution in [2.45, 2.75) is 84.0 Å². The Hall–Kier alpha value is -13.2. The molecule has 0 atom stereocenters. The van der Waals surface area contributed by atoms with Crippen molar-refractivity contribution >= 4 is 101 Å². The van der Waals surface area contributed by atoms with Crippen molar-refractivity contribution in [3.05, 3.63) is 391 Å². The Morgan fingerprint density at radius 3 is 1.05 bits per heavy atom. The standard InChI is InChI=1S/C109H85BN4/c1-106(2,3)72-58-83(68-34-14-10-15-35-68)104(84(59-72)69-36-16-11-17-37-69)113-99-64-75(111-95-51-31-25-45-80(95)81-46-26-32-52-96(81)111)54-56-93(99)110-94-57-55-76(112-97-53-33-27-47-82(97)88-66-87-79-44-24-30-50-91(79)109(92(87)67-98(88)112)89-48-28-22-42-77(89)78-43-23-29-49-90(78)109)65-100(94)114(102-63-74(108(7,8)9)62-101(113)103(102)110)105-85(70-38-18-12-19-39-70)60-73(107(4,5)6)61-86(105)71-40-20-13-21-41-71/h10-67H,1-9H3/i25D,26D,31D,32D,45D,46D,51D,52D. The third kappa shape index (κ3) is 9.91. The van der Waals surface area contributed by atoms with Gasteiger partial charge >= 0.3 is 0 Å². The van der Waals surface area contributed by atoms with E-state index in [0.717, 1.165) is 134 Å². The maximum atomic E-state index is 9.97. The first-order chi connectivity index (χ1) is 58.8. The molecule has 0 unspecified atom stereocenters. The van der Waals surface area contributed by atoms with E-state index in [2.05, 4.69) is 374 Å². The van der Waals surface area contributed by atoms with Gasteiger partial charge in [0.05, 0.1) is 49.8 Å². The van der Waals surface area contributed by atoms with Crippen molar-refractivity contribution in [1.29, 1.82) is 0 Å². The van der Waals surface area contributed by atoms with Gasteiger partial charge in [-0.05, 0) is 207 Å². The lowest BCUT2D eigenvalue weighted by Crippen LogP contribution is -2.61. The molecule has 1 spiro atoms. The largest absolute Gasteiger partial charge is 0.310 e. The van der Waals surface area contributed by atoms with Gasteiger partial charge in [0.15, 0.2) is 0 Å². The predicted octanol–water partition coefficient (Wildman–Crippen LogP) is 26.9. The Kier molecular flexibility index (Phi) is 13.0. The van der Waals surface area contributed by atoms with Crippen molar-refractivity contribution < 1.29 is 11.0 Å². The Morgan fingerprint density at radius 1 is 0.272 bits per heavy atom. The summed E-state index contributed by atoms with van der Waals surface area (Å²) in [5.74, 6) is 0. The van der Waals surface area contributed by atoms with Crippen molar-refractivity contribution in [3.8, 4) is 78.1 Å². The molecule has 0 radical (unpaired) electrons. The molecule has 18 aromatic rings. The van der Waals surface area contributed by atoms with E-state index in [0.29, 0.717) is 5.69 Å². The normalized spacial score (nSPS) is 14.7. The zero-order valence-electron chi connectivity index (χ0n) is 73.2. The van der Waals surface area contributed by atoms with Gasteiger partial charge in [-0.25, -0.2) is 0 Å². The predicted molar refractivity (Wildman–Crippen MR) is 483 cm³/mol. The molecule has 16 aromatic carbocycles. The molecule has 0 fully saturated rings. The van der Waals surface area contributed by atoms with Gasteiger partial charge in [0.2, 0.25) is 0 Å². The van der Waals surface area contributed by atoms with Gasteiger partial charge in [0.25, 0.3) is 6.71 Å². The van der Waals surface area contributed by atoms with Gasteiger partial charge in [-0.3, -0.25) is 0 Å². The number of anilines is 6. The SMILES string of the molecule is [2H]c1c([2H])c([2H])c2c(c1[2H])c1c([2H])c([2H])c([2H])c([2H])c1n2-c1ccc2c(c1)N(c1c(-c3ccccc3)cc(C(C)(C)C)cc1-c1ccccc1)c1cc(C(C)(C)C)cc3c1B2c1ccc(-n2c4ccccc4c4cc5c(cc42)C2(c4ccccc4-c4ccccc42)c2ccccc2-5)cc1N3c1c(-c2ccccc2)cc(C(C)(C)C)cc1-c1ccccc1. The van der Waals surface area contributed by atoms with Gasteiger partial charge < -0.3 is 18.9 Å². The molecule has 22 rings (SSSR count). The van der Waals surface area contributed by atoms with Gasteiger partial charge in [-0.15, -0.1) is 0 Å². The van der Waals surface area contributed by atoms with Crippen LogP contribution in [-0.4, -0.2) is 15.8 Å². The zero-order valence-corrected chi connectivity index (χ0v) is 65.2. The second kappa shape index (κ2) is 24.9. The van der Waals surface area contributed by atoms with Crippen LogP contribution in [0.25, 0.3) is 122 Å². The van der Waals surface area contributed by atoms with Crippen LogP contribution in [0.5, 0.6) is 0 Å². The van der Waals surface area contributed by atoms with Crippen molar-refractivity contribution in [3.63, 3.8) is 0 Å². The third-order valence-corrected chi connectivity index (χ3v) is 25.0. The van der Waals surface area contributed by atoms with Gasteiger partial charge in [0.1, 0.15) is 0 Å². The summed E-state index contributed by atoms with van der Waals surface area (Å²) < 4.78 is 80.6. The van der Waals surface area contributed by atoms with E-state index in [-0.39, 0.29) is 44.7 Å². The first-order valence-electron chi connectivity index (χ1n) is 43.8. The summed E-state index contributed by atoms with van der Waals surface area (Å²) in [5, 5.41) is 2.30. The Balaban J connectivity index is 0.918. The van der Waals surface area contributed by atoms with E-state index < -0.39 is 53.8 Å². The van der Waals surface area contributed by atoms with Crippen LogP contribution in [0.15, 0.2) is 352 Å². The Bertz CT molecular complexity index is 7310. The number of hydrogen-bond acceptors (Lipinski definition) is 2. The van der Waals surface area contributed by atoms with Crippen LogP contribution in [0, 0.1) is 0 Å². The second-order valence-electron chi connectivity index (χ2n) is 34.5. The van der Waals surface area contributed by atoms with Gasteiger partial charge in [0, 0.05) is 77.9 Å². The number of fused-ring (bicyclic) bond motifs is 20. The van der Waals surface area contributed by atoms with Crippen molar-refractivity contribution in [1.82, 2.24) is 9.13 Å². The first kappa shape index (κ1) is 59.6. The number of nitrogens with zero attached hydrogens (tertiary/aromatic N) is 4. The fourth-order valence-electron chi connectivity index (χ4n) is 19.6. The maximum Gasteiger partial charge on any atom is 0.252 e. The van der Waals surface area contributed by atoms with Crippen LogP contribution in [0.4, 0.5) is 34.1 Å². The number of hydrogen-bond donors (Lipinski definition) is 0. The Labute approximate surface area is 679 Å². The molecule has 0 amide bonds. The van der Waals surface area contributed by atoms with Crippen LogP contribution in [0.3, 0.4) is 0 Å². The molecule has 114 heavy (non-hydrogen) atoms. The highest BCUT2D eigenvalue weighted by molar-refractivity contribution is 7.00. The Morgan fingerprint density at radius 2 is 0.632 bits per heavy atom. The molecule has 0 saturated heterocycles. The molecule has 4 heterocycles.